The second-order valence-corrected chi connectivity index (χ2v) is 5.01. The maximum absolute atomic E-state index is 12.6. The molecule has 6 heteroatoms. The van der Waals surface area contributed by atoms with Crippen LogP contribution in [-0.2, 0) is 9.59 Å². The molecule has 2 rings (SSSR count). The number of amides is 2. The molecule has 0 spiro atoms. The van der Waals surface area contributed by atoms with Crippen LogP contribution in [0.4, 0.5) is 8.78 Å². The SMILES string of the molecule is CCCC1C(=O)NC(C2CC2)C(=O)N1CC(F)F. The summed E-state index contributed by atoms with van der Waals surface area (Å²) in [5.74, 6) is -0.478. The van der Waals surface area contributed by atoms with Crippen LogP contribution in [0.15, 0.2) is 0 Å². The van der Waals surface area contributed by atoms with Gasteiger partial charge in [0.05, 0.1) is 6.54 Å². The first-order valence-corrected chi connectivity index (χ1v) is 6.43. The lowest BCUT2D eigenvalue weighted by molar-refractivity contribution is -0.152. The largest absolute Gasteiger partial charge is 0.342 e. The van der Waals surface area contributed by atoms with Crippen LogP contribution in [0.2, 0.25) is 0 Å². The van der Waals surface area contributed by atoms with Crippen molar-refractivity contribution in [2.24, 2.45) is 5.92 Å². The summed E-state index contributed by atoms with van der Waals surface area (Å²) >= 11 is 0. The Bertz CT molecular complexity index is 345. The van der Waals surface area contributed by atoms with Gasteiger partial charge >= 0.3 is 0 Å². The van der Waals surface area contributed by atoms with Crippen molar-refractivity contribution in [1.82, 2.24) is 10.2 Å². The third kappa shape index (κ3) is 2.62. The van der Waals surface area contributed by atoms with E-state index < -0.39 is 25.1 Å². The highest BCUT2D eigenvalue weighted by molar-refractivity contribution is 5.97. The van der Waals surface area contributed by atoms with Crippen LogP contribution in [-0.4, -0.2) is 41.8 Å². The Hall–Kier alpha value is -1.20. The second kappa shape index (κ2) is 5.20. The molecule has 1 aliphatic heterocycles. The molecule has 1 aliphatic carbocycles. The Morgan fingerprint density at radius 1 is 1.39 bits per heavy atom. The van der Waals surface area contributed by atoms with E-state index in [9.17, 15) is 18.4 Å². The van der Waals surface area contributed by atoms with Crippen molar-refractivity contribution < 1.29 is 18.4 Å². The van der Waals surface area contributed by atoms with E-state index in [-0.39, 0.29) is 17.7 Å². The Balaban J connectivity index is 2.14. The summed E-state index contributed by atoms with van der Waals surface area (Å²) in [7, 11) is 0. The molecular weight excluding hydrogens is 242 g/mol. The number of piperazine rings is 1. The molecule has 2 atom stereocenters. The molecule has 0 bridgehead atoms. The summed E-state index contributed by atoms with van der Waals surface area (Å²) in [5.41, 5.74) is 0. The molecule has 1 N–H and O–H groups in total. The van der Waals surface area contributed by atoms with Gasteiger partial charge in [-0.2, -0.15) is 0 Å². The highest BCUT2D eigenvalue weighted by Gasteiger charge is 2.46. The predicted octanol–water partition coefficient (Wildman–Crippen LogP) is 1.16. The van der Waals surface area contributed by atoms with Crippen LogP contribution >= 0.6 is 0 Å². The summed E-state index contributed by atoms with van der Waals surface area (Å²) in [5, 5.41) is 2.69. The molecule has 0 aromatic heterocycles. The molecule has 4 nitrogen and oxygen atoms in total. The lowest BCUT2D eigenvalue weighted by atomic mass is 10.0. The van der Waals surface area contributed by atoms with Gasteiger partial charge in [-0.3, -0.25) is 9.59 Å². The van der Waals surface area contributed by atoms with Gasteiger partial charge in [-0.15, -0.1) is 0 Å². The van der Waals surface area contributed by atoms with Gasteiger partial charge in [0.1, 0.15) is 12.1 Å². The topological polar surface area (TPSA) is 49.4 Å². The molecule has 1 heterocycles. The number of nitrogens with zero attached hydrogens (tertiary/aromatic N) is 1. The Labute approximate surface area is 105 Å². The molecule has 18 heavy (non-hydrogen) atoms. The van der Waals surface area contributed by atoms with Crippen molar-refractivity contribution in [2.75, 3.05) is 6.54 Å². The highest BCUT2D eigenvalue weighted by atomic mass is 19.3. The van der Waals surface area contributed by atoms with Crippen molar-refractivity contribution >= 4 is 11.8 Å². The lowest BCUT2D eigenvalue weighted by Crippen LogP contribution is -2.64. The first-order chi connectivity index (χ1) is 8.54. The molecule has 0 radical (unpaired) electrons. The van der Waals surface area contributed by atoms with Gasteiger partial charge in [0.15, 0.2) is 0 Å². The van der Waals surface area contributed by atoms with Crippen LogP contribution in [0.1, 0.15) is 32.6 Å². The van der Waals surface area contributed by atoms with Gasteiger partial charge in [0, 0.05) is 0 Å². The van der Waals surface area contributed by atoms with E-state index in [1.165, 1.54) is 0 Å². The number of hydrogen-bond acceptors (Lipinski definition) is 2. The lowest BCUT2D eigenvalue weighted by Gasteiger charge is -2.39. The molecule has 0 aromatic carbocycles. The maximum atomic E-state index is 12.6. The van der Waals surface area contributed by atoms with E-state index in [4.69, 9.17) is 0 Å². The van der Waals surface area contributed by atoms with Crippen molar-refractivity contribution in [3.05, 3.63) is 0 Å². The number of carbonyl (C=O) groups is 2. The fourth-order valence-corrected chi connectivity index (χ4v) is 2.46. The molecule has 1 saturated heterocycles. The Morgan fingerprint density at radius 3 is 2.56 bits per heavy atom. The third-order valence-corrected chi connectivity index (χ3v) is 3.52. The molecule has 2 aliphatic rings. The number of halogens is 2. The standard InChI is InChI=1S/C12H18F2N2O2/c1-2-3-8-11(17)15-10(7-4-5-7)12(18)16(8)6-9(13)14/h7-10H,2-6H2,1H3,(H,15,17). The molecule has 2 unspecified atom stereocenters. The van der Waals surface area contributed by atoms with Crippen LogP contribution < -0.4 is 5.32 Å². The van der Waals surface area contributed by atoms with E-state index in [1.807, 2.05) is 6.92 Å². The maximum Gasteiger partial charge on any atom is 0.255 e. The van der Waals surface area contributed by atoms with Crippen molar-refractivity contribution in [1.29, 1.82) is 0 Å². The second-order valence-electron chi connectivity index (χ2n) is 5.01. The van der Waals surface area contributed by atoms with E-state index >= 15 is 0 Å². The number of hydrogen-bond donors (Lipinski definition) is 1. The van der Waals surface area contributed by atoms with Gasteiger partial charge in [-0.05, 0) is 25.2 Å². The van der Waals surface area contributed by atoms with E-state index in [2.05, 4.69) is 5.32 Å². The highest BCUT2D eigenvalue weighted by Crippen LogP contribution is 2.35. The van der Waals surface area contributed by atoms with Gasteiger partial charge in [-0.25, -0.2) is 8.78 Å². The predicted molar refractivity (Wildman–Crippen MR) is 61.1 cm³/mol. The fourth-order valence-electron chi connectivity index (χ4n) is 2.46. The fraction of sp³-hybridized carbons (Fsp3) is 0.833. The minimum atomic E-state index is -2.60. The van der Waals surface area contributed by atoms with Crippen molar-refractivity contribution in [3.63, 3.8) is 0 Å². The van der Waals surface area contributed by atoms with Gasteiger partial charge < -0.3 is 10.2 Å². The Morgan fingerprint density at radius 2 is 2.06 bits per heavy atom. The monoisotopic (exact) mass is 260 g/mol. The molecule has 2 amide bonds. The van der Waals surface area contributed by atoms with Crippen LogP contribution in [0.3, 0.4) is 0 Å². The van der Waals surface area contributed by atoms with Gasteiger partial charge in [0.2, 0.25) is 11.8 Å². The number of carbonyl (C=O) groups excluding carboxylic acids is 2. The third-order valence-electron chi connectivity index (χ3n) is 3.52. The molecular formula is C12H18F2N2O2. The summed E-state index contributed by atoms with van der Waals surface area (Å²) in [4.78, 5) is 25.1. The van der Waals surface area contributed by atoms with E-state index in [1.54, 1.807) is 0 Å². The zero-order valence-electron chi connectivity index (χ0n) is 10.4. The van der Waals surface area contributed by atoms with Crippen molar-refractivity contribution in [2.45, 2.75) is 51.1 Å². The summed E-state index contributed by atoms with van der Waals surface area (Å²) in [6.45, 7) is 1.23. The van der Waals surface area contributed by atoms with Crippen LogP contribution in [0, 0.1) is 5.92 Å². The van der Waals surface area contributed by atoms with E-state index in [0.29, 0.717) is 12.8 Å². The van der Waals surface area contributed by atoms with E-state index in [0.717, 1.165) is 17.7 Å². The zero-order chi connectivity index (χ0) is 13.3. The molecule has 102 valence electrons. The smallest absolute Gasteiger partial charge is 0.255 e. The average Bonchev–Trinajstić information content (AvgIpc) is 3.11. The quantitative estimate of drug-likeness (QED) is 0.806. The number of alkyl halides is 2. The minimum absolute atomic E-state index is 0.143. The zero-order valence-corrected chi connectivity index (χ0v) is 10.4. The number of nitrogens with one attached hydrogen (secondary N) is 1. The summed E-state index contributed by atoms with van der Waals surface area (Å²) < 4.78 is 25.1. The molecule has 2 fully saturated rings. The first-order valence-electron chi connectivity index (χ1n) is 6.43. The van der Waals surface area contributed by atoms with Gasteiger partial charge in [-0.1, -0.05) is 13.3 Å². The van der Waals surface area contributed by atoms with Crippen LogP contribution in [0.5, 0.6) is 0 Å². The summed E-state index contributed by atoms with van der Waals surface area (Å²) in [6, 6.07) is -1.31. The van der Waals surface area contributed by atoms with Crippen LogP contribution in [0.25, 0.3) is 0 Å². The normalized spacial score (nSPS) is 28.8. The van der Waals surface area contributed by atoms with Gasteiger partial charge in [0.25, 0.3) is 6.43 Å². The number of rotatable bonds is 5. The average molecular weight is 260 g/mol. The molecule has 0 aromatic rings. The minimum Gasteiger partial charge on any atom is -0.342 e. The van der Waals surface area contributed by atoms with Crippen molar-refractivity contribution in [3.8, 4) is 0 Å². The Kier molecular flexibility index (Phi) is 3.82. The summed E-state index contributed by atoms with van der Waals surface area (Å²) in [6.07, 6.45) is 0.287. The first kappa shape index (κ1) is 13.2. The molecule has 1 saturated carbocycles.